The fourth-order valence-corrected chi connectivity index (χ4v) is 2.41. The van der Waals surface area contributed by atoms with Crippen LogP contribution in [0.15, 0.2) is 60.7 Å². The van der Waals surface area contributed by atoms with Gasteiger partial charge >= 0.3 is 0 Å². The zero-order valence-corrected chi connectivity index (χ0v) is 12.5. The Morgan fingerprint density at radius 3 is 1.92 bits per heavy atom. The molecule has 0 aliphatic carbocycles. The molecule has 0 atom stereocenters. The number of para-hydroxylation sites is 2. The van der Waals surface area contributed by atoms with E-state index in [-0.39, 0.29) is 11.4 Å². The zero-order chi connectivity index (χ0) is 24.8. The van der Waals surface area contributed by atoms with Crippen molar-refractivity contribution in [2.75, 3.05) is 10.0 Å². The highest BCUT2D eigenvalue weighted by Gasteiger charge is 2.58. The van der Waals surface area contributed by atoms with E-state index in [4.69, 9.17) is 12.4 Å². The maximum Gasteiger partial charge on any atom is 0.288 e. The summed E-state index contributed by atoms with van der Waals surface area (Å²) < 4.78 is 71.1. The van der Waals surface area contributed by atoms with E-state index in [9.17, 15) is 9.59 Å². The Morgan fingerprint density at radius 2 is 1.50 bits per heavy atom. The molecule has 1 fully saturated rings. The van der Waals surface area contributed by atoms with Gasteiger partial charge in [-0.1, -0.05) is 49.6 Å². The van der Waals surface area contributed by atoms with Gasteiger partial charge in [-0.3, -0.25) is 9.59 Å². The van der Waals surface area contributed by atoms with Gasteiger partial charge in [0.05, 0.1) is 11.4 Å². The summed E-state index contributed by atoms with van der Waals surface area (Å²) in [5.74, 6) is -2.93. The molecule has 5 nitrogen and oxygen atoms in total. The molecule has 0 bridgehead atoms. The Bertz CT molecular complexity index is 978. The molecule has 0 saturated carbocycles. The average Bonchev–Trinajstić information content (AvgIpc) is 3.01. The lowest BCUT2D eigenvalue weighted by atomic mass is 9.96. The third-order valence-corrected chi connectivity index (χ3v) is 3.50. The number of hydrogen-bond acceptors (Lipinski definition) is 3. The molecule has 0 radical (unpaired) electrons. The van der Waals surface area contributed by atoms with Crippen LogP contribution in [0.1, 0.15) is 37.0 Å². The minimum absolute atomic E-state index is 0.0804. The average molecular weight is 333 g/mol. The summed E-state index contributed by atoms with van der Waals surface area (Å²) in [5.41, 5.74) is -3.32. The van der Waals surface area contributed by atoms with Gasteiger partial charge in [0, 0.05) is 11.0 Å². The summed E-state index contributed by atoms with van der Waals surface area (Å²) in [7, 11) is 0. The molecule has 2 aromatic rings. The van der Waals surface area contributed by atoms with E-state index in [2.05, 4.69) is 5.11 Å². The lowest BCUT2D eigenvalue weighted by Crippen LogP contribution is -2.44. The minimum Gasteiger partial charge on any atom is -0.371 e. The summed E-state index contributed by atoms with van der Waals surface area (Å²) in [4.78, 5) is 27.3. The molecule has 1 aliphatic rings. The standard InChI is InChI=1S/C19H20N2O3/c1-2-3-14-19(24)17(22)20(15-10-6-4-7-11-15)21(18(19)23)16-12-8-5-9-13-16/h4-13,24H,2-3,14H2,1H3/i1D2,2D2,3D2,14D2,24D. The number of aliphatic hydroxyl groups is 1. The smallest absolute Gasteiger partial charge is 0.288 e. The molecule has 1 saturated heterocycles. The molecule has 3 rings (SSSR count). The number of anilines is 2. The van der Waals surface area contributed by atoms with Crippen LogP contribution in [0.5, 0.6) is 0 Å². The minimum atomic E-state index is -3.82. The fourth-order valence-electron chi connectivity index (χ4n) is 2.41. The highest BCUT2D eigenvalue weighted by Crippen LogP contribution is 2.36. The van der Waals surface area contributed by atoms with E-state index in [1.54, 1.807) is 12.1 Å². The van der Waals surface area contributed by atoms with Gasteiger partial charge in [0.25, 0.3) is 11.8 Å². The Morgan fingerprint density at radius 1 is 1.00 bits per heavy atom. The molecule has 2 amide bonds. The van der Waals surface area contributed by atoms with E-state index < -0.39 is 43.4 Å². The van der Waals surface area contributed by atoms with Gasteiger partial charge in [0.1, 0.15) is 0 Å². The molecule has 0 aromatic heterocycles. The van der Waals surface area contributed by atoms with Crippen molar-refractivity contribution in [1.29, 1.82) is 1.43 Å². The molecule has 124 valence electrons. The van der Waals surface area contributed by atoms with Crippen molar-refractivity contribution in [2.24, 2.45) is 0 Å². The lowest BCUT2D eigenvalue weighted by Gasteiger charge is -2.27. The van der Waals surface area contributed by atoms with Crippen molar-refractivity contribution >= 4 is 23.2 Å². The maximum atomic E-state index is 13.6. The first-order valence-electron chi connectivity index (χ1n) is 11.6. The van der Waals surface area contributed by atoms with Gasteiger partial charge in [-0.25, -0.2) is 10.0 Å². The van der Waals surface area contributed by atoms with Crippen LogP contribution in [0.3, 0.4) is 0 Å². The van der Waals surface area contributed by atoms with Crippen LogP contribution in [0.25, 0.3) is 0 Å². The number of hydrazine groups is 1. The second kappa shape index (κ2) is 6.45. The van der Waals surface area contributed by atoms with Gasteiger partial charge in [-0.05, 0) is 37.0 Å². The van der Waals surface area contributed by atoms with Crippen molar-refractivity contribution in [2.45, 2.75) is 31.6 Å². The van der Waals surface area contributed by atoms with E-state index in [1.807, 2.05) is 0 Å². The third-order valence-electron chi connectivity index (χ3n) is 3.50. The molecular formula is C19H20N2O3. The first-order chi connectivity index (χ1) is 15.3. The molecule has 1 heterocycles. The van der Waals surface area contributed by atoms with Gasteiger partial charge < -0.3 is 5.11 Å². The fraction of sp³-hybridized carbons (Fsp3) is 0.263. The second-order valence-electron chi connectivity index (χ2n) is 4.98. The van der Waals surface area contributed by atoms with Crippen LogP contribution in [0.2, 0.25) is 0 Å². The van der Waals surface area contributed by atoms with Gasteiger partial charge in [0.2, 0.25) is 7.03 Å². The quantitative estimate of drug-likeness (QED) is 0.827. The monoisotopic (exact) mass is 333 g/mol. The van der Waals surface area contributed by atoms with Crippen LogP contribution in [-0.4, -0.2) is 24.0 Å². The highest BCUT2D eigenvalue weighted by atomic mass is 16.3. The Balaban J connectivity index is 2.29. The predicted molar refractivity (Wildman–Crippen MR) is 92.3 cm³/mol. The first kappa shape index (κ1) is 8.44. The predicted octanol–water partition coefficient (Wildman–Crippen LogP) is 2.90. The Kier molecular flexibility index (Phi) is 2.27. The van der Waals surface area contributed by atoms with Gasteiger partial charge in [0.15, 0.2) is 0 Å². The number of benzene rings is 2. The van der Waals surface area contributed by atoms with Gasteiger partial charge in [-0.2, -0.15) is 0 Å². The molecule has 2 aromatic carbocycles. The second-order valence-corrected chi connectivity index (χ2v) is 4.98. The number of hydrogen-bond donors (Lipinski definition) is 1. The molecule has 0 spiro atoms. The summed E-state index contributed by atoms with van der Waals surface area (Å²) in [6, 6.07) is 15.1. The van der Waals surface area contributed by atoms with Gasteiger partial charge in [-0.15, -0.1) is 0 Å². The van der Waals surface area contributed by atoms with Crippen molar-refractivity contribution in [1.82, 2.24) is 0 Å². The number of carbonyl (C=O) groups excluding carboxylic acids is 2. The van der Waals surface area contributed by atoms with Crippen molar-refractivity contribution < 1.29 is 25.7 Å². The molecule has 1 N–H and O–H groups in total. The number of amides is 2. The Labute approximate surface area is 153 Å². The molecule has 5 heteroatoms. The normalized spacial score (nSPS) is 24.1. The zero-order valence-electron chi connectivity index (χ0n) is 21.5. The van der Waals surface area contributed by atoms with E-state index in [1.165, 1.54) is 48.5 Å². The summed E-state index contributed by atoms with van der Waals surface area (Å²) in [6.07, 6.45) is -11.1. The van der Waals surface area contributed by atoms with Crippen molar-refractivity contribution in [3.8, 4) is 0 Å². The van der Waals surface area contributed by atoms with Crippen molar-refractivity contribution in [3.05, 3.63) is 60.7 Å². The first-order valence-corrected chi connectivity index (χ1v) is 7.07. The van der Waals surface area contributed by atoms with Crippen LogP contribution < -0.4 is 10.0 Å². The number of rotatable bonds is 6. The van der Waals surface area contributed by atoms with Crippen LogP contribution in [-0.2, 0) is 9.59 Å². The SMILES string of the molecule is [2H]OC1(C([2H])([2H])C([2H])([2H])C([2H])([2H])C([2H])[2H])C(=O)N(c2ccccc2)N(c2ccccc2)C1=O. The molecule has 1 aliphatic heterocycles. The van der Waals surface area contributed by atoms with Crippen LogP contribution in [0.4, 0.5) is 11.4 Å². The highest BCUT2D eigenvalue weighted by molar-refractivity contribution is 6.28. The maximum absolute atomic E-state index is 13.6. The van der Waals surface area contributed by atoms with E-state index in [0.717, 1.165) is 10.0 Å². The summed E-state index contributed by atoms with van der Waals surface area (Å²) in [5, 5.41) is 5.88. The lowest BCUT2D eigenvalue weighted by molar-refractivity contribution is -0.145. The molecule has 0 unspecified atom stereocenters. The molecular weight excluding hydrogens is 304 g/mol. The third kappa shape index (κ3) is 2.57. The van der Waals surface area contributed by atoms with Crippen LogP contribution >= 0.6 is 0 Å². The summed E-state index contributed by atoms with van der Waals surface area (Å²) >= 11 is 0. The van der Waals surface area contributed by atoms with Crippen LogP contribution in [0, 0.1) is 0 Å². The Hall–Kier alpha value is -2.66. The van der Waals surface area contributed by atoms with E-state index >= 15 is 0 Å². The summed E-state index contributed by atoms with van der Waals surface area (Å²) in [6.45, 7) is -2.52. The molecule has 24 heavy (non-hydrogen) atoms. The van der Waals surface area contributed by atoms with E-state index in [0.29, 0.717) is 0 Å². The van der Waals surface area contributed by atoms with Crippen molar-refractivity contribution in [3.63, 3.8) is 0 Å². The topological polar surface area (TPSA) is 60.9 Å². The number of carbonyl (C=O) groups is 2. The largest absolute Gasteiger partial charge is 0.371 e. The number of nitrogens with zero attached hydrogens (tertiary/aromatic N) is 2.